The summed E-state index contributed by atoms with van der Waals surface area (Å²) in [5, 5.41) is 0. The fourth-order valence-electron chi connectivity index (χ4n) is 1.76. The van der Waals surface area contributed by atoms with Crippen molar-refractivity contribution in [1.29, 1.82) is 0 Å². The smallest absolute Gasteiger partial charge is 0.147 e. The predicted molar refractivity (Wildman–Crippen MR) is 75.0 cm³/mol. The second-order valence-corrected chi connectivity index (χ2v) is 4.28. The number of anilines is 1. The maximum absolute atomic E-state index is 5.57. The highest BCUT2D eigenvalue weighted by molar-refractivity contribution is 5.37. The molecule has 2 rings (SSSR count). The van der Waals surface area contributed by atoms with Crippen LogP contribution in [0.15, 0.2) is 36.7 Å². The Kier molecular flexibility index (Phi) is 4.30. The number of nitrogens with two attached hydrogens (primary N) is 1. The Balaban J connectivity index is 2.08. The number of methoxy groups -OCH3 is 1. The van der Waals surface area contributed by atoms with Gasteiger partial charge in [-0.2, -0.15) is 0 Å². The molecule has 0 amide bonds. The Hall–Kier alpha value is -2.14. The SMILES string of the molecule is COc1ccc(CN(C)c2cncc(CN)n2)cc1. The molecule has 0 spiro atoms. The van der Waals surface area contributed by atoms with E-state index in [1.165, 1.54) is 5.56 Å². The van der Waals surface area contributed by atoms with E-state index in [2.05, 4.69) is 9.97 Å². The molecule has 0 radical (unpaired) electrons. The molecule has 0 aliphatic heterocycles. The lowest BCUT2D eigenvalue weighted by molar-refractivity contribution is 0.414. The predicted octanol–water partition coefficient (Wildman–Crippen LogP) is 1.58. The first kappa shape index (κ1) is 13.3. The standard InChI is InChI=1S/C14H18N4O/c1-18(14-9-16-8-12(7-15)17-14)10-11-3-5-13(19-2)6-4-11/h3-6,8-9H,7,10,15H2,1-2H3. The van der Waals surface area contributed by atoms with Gasteiger partial charge in [-0.3, -0.25) is 4.98 Å². The third-order valence-electron chi connectivity index (χ3n) is 2.85. The number of benzene rings is 1. The summed E-state index contributed by atoms with van der Waals surface area (Å²) in [5.41, 5.74) is 7.54. The molecule has 0 fully saturated rings. The van der Waals surface area contributed by atoms with Gasteiger partial charge in [0.25, 0.3) is 0 Å². The fourth-order valence-corrected chi connectivity index (χ4v) is 1.76. The Morgan fingerprint density at radius 3 is 2.58 bits per heavy atom. The van der Waals surface area contributed by atoms with E-state index < -0.39 is 0 Å². The molecular weight excluding hydrogens is 240 g/mol. The Morgan fingerprint density at radius 1 is 1.21 bits per heavy atom. The van der Waals surface area contributed by atoms with Gasteiger partial charge in [-0.15, -0.1) is 0 Å². The lowest BCUT2D eigenvalue weighted by Gasteiger charge is -2.18. The van der Waals surface area contributed by atoms with Crippen LogP contribution in [0.4, 0.5) is 5.82 Å². The monoisotopic (exact) mass is 258 g/mol. The lowest BCUT2D eigenvalue weighted by atomic mass is 10.2. The van der Waals surface area contributed by atoms with Gasteiger partial charge in [-0.25, -0.2) is 4.98 Å². The molecule has 0 bridgehead atoms. The van der Waals surface area contributed by atoms with Gasteiger partial charge in [0.15, 0.2) is 0 Å². The van der Waals surface area contributed by atoms with Crippen molar-refractivity contribution in [3.63, 3.8) is 0 Å². The summed E-state index contributed by atoms with van der Waals surface area (Å²) in [5.74, 6) is 1.68. The molecule has 1 aromatic carbocycles. The third-order valence-corrected chi connectivity index (χ3v) is 2.85. The molecule has 19 heavy (non-hydrogen) atoms. The highest BCUT2D eigenvalue weighted by Gasteiger charge is 2.05. The molecule has 0 unspecified atom stereocenters. The average molecular weight is 258 g/mol. The van der Waals surface area contributed by atoms with Crippen LogP contribution in [0.3, 0.4) is 0 Å². The first-order chi connectivity index (χ1) is 9.22. The average Bonchev–Trinajstić information content (AvgIpc) is 2.48. The maximum Gasteiger partial charge on any atom is 0.147 e. The van der Waals surface area contributed by atoms with Gasteiger partial charge in [0, 0.05) is 26.3 Å². The molecule has 1 aromatic heterocycles. The van der Waals surface area contributed by atoms with Crippen molar-refractivity contribution in [1.82, 2.24) is 9.97 Å². The number of ether oxygens (including phenoxy) is 1. The zero-order valence-corrected chi connectivity index (χ0v) is 11.2. The van der Waals surface area contributed by atoms with Gasteiger partial charge in [-0.1, -0.05) is 12.1 Å². The molecule has 1 heterocycles. The van der Waals surface area contributed by atoms with Gasteiger partial charge in [0.1, 0.15) is 11.6 Å². The van der Waals surface area contributed by atoms with Crippen LogP contribution in [0.2, 0.25) is 0 Å². The van der Waals surface area contributed by atoms with E-state index in [0.29, 0.717) is 6.54 Å². The molecule has 2 N–H and O–H groups in total. The van der Waals surface area contributed by atoms with Crippen molar-refractivity contribution < 1.29 is 4.74 Å². The van der Waals surface area contributed by atoms with Crippen molar-refractivity contribution in [2.24, 2.45) is 5.73 Å². The van der Waals surface area contributed by atoms with Crippen molar-refractivity contribution in [3.05, 3.63) is 47.9 Å². The fraction of sp³-hybridized carbons (Fsp3) is 0.286. The molecule has 5 heteroatoms. The van der Waals surface area contributed by atoms with E-state index in [4.69, 9.17) is 10.5 Å². The first-order valence-corrected chi connectivity index (χ1v) is 6.08. The van der Waals surface area contributed by atoms with Crippen molar-refractivity contribution in [2.45, 2.75) is 13.1 Å². The number of rotatable bonds is 5. The van der Waals surface area contributed by atoms with Gasteiger partial charge in [0.2, 0.25) is 0 Å². The van der Waals surface area contributed by atoms with Crippen LogP contribution < -0.4 is 15.4 Å². The van der Waals surface area contributed by atoms with Crippen molar-refractivity contribution in [3.8, 4) is 5.75 Å². The van der Waals surface area contributed by atoms with E-state index in [1.807, 2.05) is 36.2 Å². The second-order valence-electron chi connectivity index (χ2n) is 4.28. The number of nitrogens with zero attached hydrogens (tertiary/aromatic N) is 3. The minimum absolute atomic E-state index is 0.400. The second kappa shape index (κ2) is 6.15. The van der Waals surface area contributed by atoms with Crippen LogP contribution in [0.5, 0.6) is 5.75 Å². The topological polar surface area (TPSA) is 64.3 Å². The summed E-state index contributed by atoms with van der Waals surface area (Å²) >= 11 is 0. The summed E-state index contributed by atoms with van der Waals surface area (Å²) < 4.78 is 5.14. The normalized spacial score (nSPS) is 10.3. The molecule has 0 atom stereocenters. The van der Waals surface area contributed by atoms with Gasteiger partial charge < -0.3 is 15.4 Å². The highest BCUT2D eigenvalue weighted by atomic mass is 16.5. The van der Waals surface area contributed by atoms with Crippen LogP contribution in [0.1, 0.15) is 11.3 Å². The van der Waals surface area contributed by atoms with E-state index in [1.54, 1.807) is 19.5 Å². The largest absolute Gasteiger partial charge is 0.497 e. The van der Waals surface area contributed by atoms with Crippen LogP contribution in [-0.2, 0) is 13.1 Å². The Labute approximate surface area is 113 Å². The molecule has 0 saturated carbocycles. The van der Waals surface area contributed by atoms with E-state index in [0.717, 1.165) is 23.8 Å². The van der Waals surface area contributed by atoms with E-state index in [9.17, 15) is 0 Å². The summed E-state index contributed by atoms with van der Waals surface area (Å²) in [6, 6.07) is 7.97. The highest BCUT2D eigenvalue weighted by Crippen LogP contribution is 2.15. The van der Waals surface area contributed by atoms with Gasteiger partial charge in [0.05, 0.1) is 19.0 Å². The van der Waals surface area contributed by atoms with E-state index >= 15 is 0 Å². The van der Waals surface area contributed by atoms with Crippen molar-refractivity contribution in [2.75, 3.05) is 19.1 Å². The third kappa shape index (κ3) is 3.42. The zero-order chi connectivity index (χ0) is 13.7. The number of hydrogen-bond acceptors (Lipinski definition) is 5. The Bertz CT molecular complexity index is 527. The lowest BCUT2D eigenvalue weighted by Crippen LogP contribution is -2.18. The molecule has 100 valence electrons. The van der Waals surface area contributed by atoms with Gasteiger partial charge in [-0.05, 0) is 17.7 Å². The van der Waals surface area contributed by atoms with Crippen LogP contribution in [-0.4, -0.2) is 24.1 Å². The summed E-state index contributed by atoms with van der Waals surface area (Å²) in [4.78, 5) is 10.6. The summed E-state index contributed by atoms with van der Waals surface area (Å²) in [7, 11) is 3.64. The van der Waals surface area contributed by atoms with Crippen LogP contribution in [0.25, 0.3) is 0 Å². The zero-order valence-electron chi connectivity index (χ0n) is 11.2. The Morgan fingerprint density at radius 2 is 1.95 bits per heavy atom. The molecule has 5 nitrogen and oxygen atoms in total. The maximum atomic E-state index is 5.57. The molecule has 0 aliphatic carbocycles. The number of aromatic nitrogens is 2. The number of hydrogen-bond donors (Lipinski definition) is 1. The molecule has 0 saturated heterocycles. The molecular formula is C14H18N4O. The molecule has 0 aliphatic rings. The minimum atomic E-state index is 0.400. The quantitative estimate of drug-likeness (QED) is 0.882. The van der Waals surface area contributed by atoms with E-state index in [-0.39, 0.29) is 0 Å². The first-order valence-electron chi connectivity index (χ1n) is 6.08. The minimum Gasteiger partial charge on any atom is -0.497 e. The van der Waals surface area contributed by atoms with Crippen LogP contribution >= 0.6 is 0 Å². The molecule has 2 aromatic rings. The summed E-state index contributed by atoms with van der Waals surface area (Å²) in [6.45, 7) is 1.16. The summed E-state index contributed by atoms with van der Waals surface area (Å²) in [6.07, 6.45) is 3.42. The van der Waals surface area contributed by atoms with Crippen molar-refractivity contribution >= 4 is 5.82 Å². The van der Waals surface area contributed by atoms with Crippen LogP contribution in [0, 0.1) is 0 Å². The van der Waals surface area contributed by atoms with Gasteiger partial charge >= 0.3 is 0 Å².